The third kappa shape index (κ3) is 4.50. The number of hydrogen-bond acceptors (Lipinski definition) is 6. The van der Waals surface area contributed by atoms with E-state index in [0.29, 0.717) is 16.7 Å². The topological polar surface area (TPSA) is 110 Å². The molecule has 0 saturated carbocycles. The first-order valence-corrected chi connectivity index (χ1v) is 10.4. The quantitative estimate of drug-likeness (QED) is 0.718. The monoisotopic (exact) mass is 435 g/mol. The predicted molar refractivity (Wildman–Crippen MR) is 115 cm³/mol. The van der Waals surface area contributed by atoms with Gasteiger partial charge in [0.25, 0.3) is 11.8 Å². The molecule has 0 unspecified atom stereocenters. The Bertz CT molecular complexity index is 1050. The van der Waals surface area contributed by atoms with E-state index in [2.05, 4.69) is 10.6 Å². The molecule has 0 bridgehead atoms. The third-order valence-electron chi connectivity index (χ3n) is 5.56. The van der Waals surface area contributed by atoms with Crippen molar-refractivity contribution < 1.29 is 23.8 Å². The summed E-state index contributed by atoms with van der Waals surface area (Å²) in [7, 11) is 0. The molecule has 2 heterocycles. The van der Waals surface area contributed by atoms with Gasteiger partial charge in [-0.1, -0.05) is 24.3 Å². The predicted octanol–water partition coefficient (Wildman–Crippen LogP) is 2.01. The largest absolute Gasteiger partial charge is 0.370 e. The molecule has 2 aliphatic rings. The number of carbonyl (C=O) groups excluding carboxylic acids is 2. The second-order valence-corrected chi connectivity index (χ2v) is 8.41. The Labute approximate surface area is 186 Å². The van der Waals surface area contributed by atoms with Gasteiger partial charge in [0.2, 0.25) is 0 Å². The number of ether oxygens (including phenoxy) is 3. The summed E-state index contributed by atoms with van der Waals surface area (Å²) >= 11 is 0. The second-order valence-electron chi connectivity index (χ2n) is 8.41. The average molecular weight is 435 g/mol. The van der Waals surface area contributed by atoms with Gasteiger partial charge in [-0.25, -0.2) is 0 Å². The Balaban J connectivity index is 1.41. The smallest absolute Gasteiger partial charge is 0.251 e. The Morgan fingerprint density at radius 3 is 2.53 bits per heavy atom. The molecular formula is C24H25N3O5. The van der Waals surface area contributed by atoms with E-state index in [1.807, 2.05) is 26.0 Å². The molecule has 0 spiro atoms. The number of carbonyl (C=O) groups is 2. The SMILES string of the molecule is CC1(C)O[C@@H]2[C@@H](CNC(=O)c3cccc(C#N)c3)OC[C@]2(CNC(=O)c2ccccc2)O1. The van der Waals surface area contributed by atoms with E-state index in [4.69, 9.17) is 19.5 Å². The minimum atomic E-state index is -0.857. The van der Waals surface area contributed by atoms with Gasteiger partial charge in [0.15, 0.2) is 5.79 Å². The van der Waals surface area contributed by atoms with E-state index < -0.39 is 23.6 Å². The molecular weight excluding hydrogens is 410 g/mol. The number of rotatable bonds is 6. The molecule has 4 rings (SSSR count). The van der Waals surface area contributed by atoms with Gasteiger partial charge in [-0.3, -0.25) is 9.59 Å². The Morgan fingerprint density at radius 1 is 1.06 bits per heavy atom. The lowest BCUT2D eigenvalue weighted by Gasteiger charge is -2.27. The highest BCUT2D eigenvalue weighted by Gasteiger charge is 2.61. The summed E-state index contributed by atoms with van der Waals surface area (Å²) in [6, 6.07) is 17.4. The maximum absolute atomic E-state index is 12.5. The molecule has 2 fully saturated rings. The van der Waals surface area contributed by atoms with Gasteiger partial charge in [-0.2, -0.15) is 5.26 Å². The Kier molecular flexibility index (Phi) is 5.98. The van der Waals surface area contributed by atoms with Crippen LogP contribution in [-0.2, 0) is 14.2 Å². The summed E-state index contributed by atoms with van der Waals surface area (Å²) in [5.74, 6) is -1.37. The van der Waals surface area contributed by atoms with E-state index in [1.54, 1.807) is 42.5 Å². The fourth-order valence-electron chi connectivity index (χ4n) is 4.15. The molecule has 2 amide bonds. The molecule has 2 aromatic rings. The number of amides is 2. The maximum Gasteiger partial charge on any atom is 0.251 e. The number of nitrogens with zero attached hydrogens (tertiary/aromatic N) is 1. The number of fused-ring (bicyclic) bond motifs is 1. The number of nitriles is 1. The fraction of sp³-hybridized carbons (Fsp3) is 0.375. The maximum atomic E-state index is 12.5. The van der Waals surface area contributed by atoms with Crippen molar-refractivity contribution in [1.29, 1.82) is 5.26 Å². The lowest BCUT2D eigenvalue weighted by molar-refractivity contribution is -0.188. The van der Waals surface area contributed by atoms with Gasteiger partial charge in [-0.15, -0.1) is 0 Å². The van der Waals surface area contributed by atoms with Crippen LogP contribution in [0.15, 0.2) is 54.6 Å². The van der Waals surface area contributed by atoms with Crippen LogP contribution in [0.25, 0.3) is 0 Å². The fourth-order valence-corrected chi connectivity index (χ4v) is 4.15. The minimum Gasteiger partial charge on any atom is -0.370 e. The van der Waals surface area contributed by atoms with Crippen LogP contribution in [0.3, 0.4) is 0 Å². The standard InChI is InChI=1S/C24H25N3O5/c1-23(2)31-20-19(13-26-22(29)18-10-6-7-16(11-18)12-25)30-15-24(20,32-23)14-27-21(28)17-8-4-3-5-9-17/h3-11,19-20H,13-15H2,1-2H3,(H,26,29)(H,27,28)/t19-,20-,24+/m1/s1. The van der Waals surface area contributed by atoms with Crippen molar-refractivity contribution in [1.82, 2.24) is 10.6 Å². The Hall–Kier alpha value is -3.25. The van der Waals surface area contributed by atoms with Crippen LogP contribution < -0.4 is 10.6 Å². The van der Waals surface area contributed by atoms with Crippen LogP contribution in [0.2, 0.25) is 0 Å². The van der Waals surface area contributed by atoms with E-state index in [-0.39, 0.29) is 31.5 Å². The molecule has 2 aliphatic heterocycles. The van der Waals surface area contributed by atoms with Crippen LogP contribution in [-0.4, -0.2) is 55.1 Å². The van der Waals surface area contributed by atoms with Gasteiger partial charge in [0.1, 0.15) is 17.8 Å². The number of nitrogens with one attached hydrogen (secondary N) is 2. The molecule has 0 aromatic heterocycles. The van der Waals surface area contributed by atoms with Gasteiger partial charge in [-0.05, 0) is 44.2 Å². The summed E-state index contributed by atoms with van der Waals surface area (Å²) in [5, 5.41) is 14.8. The number of benzene rings is 2. The van der Waals surface area contributed by atoms with Crippen LogP contribution in [0.1, 0.15) is 40.1 Å². The molecule has 32 heavy (non-hydrogen) atoms. The lowest BCUT2D eigenvalue weighted by Crippen LogP contribution is -2.52. The van der Waals surface area contributed by atoms with Crippen LogP contribution >= 0.6 is 0 Å². The van der Waals surface area contributed by atoms with E-state index in [0.717, 1.165) is 0 Å². The molecule has 0 radical (unpaired) electrons. The third-order valence-corrected chi connectivity index (χ3v) is 5.56. The van der Waals surface area contributed by atoms with Gasteiger partial charge < -0.3 is 24.8 Å². The zero-order chi connectivity index (χ0) is 22.8. The minimum absolute atomic E-state index is 0.202. The van der Waals surface area contributed by atoms with Crippen LogP contribution in [0, 0.1) is 11.3 Å². The Morgan fingerprint density at radius 2 is 1.78 bits per heavy atom. The van der Waals surface area contributed by atoms with Crippen molar-refractivity contribution in [3.8, 4) is 6.07 Å². The van der Waals surface area contributed by atoms with Gasteiger partial charge >= 0.3 is 0 Å². The highest BCUT2D eigenvalue weighted by atomic mass is 16.8. The summed E-state index contributed by atoms with van der Waals surface area (Å²) in [6.45, 7) is 4.27. The molecule has 8 nitrogen and oxygen atoms in total. The van der Waals surface area contributed by atoms with Gasteiger partial charge in [0, 0.05) is 17.7 Å². The van der Waals surface area contributed by atoms with E-state index in [1.165, 1.54) is 6.07 Å². The van der Waals surface area contributed by atoms with Crippen molar-refractivity contribution >= 4 is 11.8 Å². The van der Waals surface area contributed by atoms with E-state index >= 15 is 0 Å². The van der Waals surface area contributed by atoms with Crippen LogP contribution in [0.4, 0.5) is 0 Å². The van der Waals surface area contributed by atoms with Crippen molar-refractivity contribution in [2.75, 3.05) is 19.7 Å². The van der Waals surface area contributed by atoms with Crippen molar-refractivity contribution in [2.24, 2.45) is 0 Å². The van der Waals surface area contributed by atoms with E-state index in [9.17, 15) is 9.59 Å². The molecule has 2 N–H and O–H groups in total. The molecule has 2 saturated heterocycles. The first kappa shape index (κ1) is 22.0. The normalized spacial score (nSPS) is 25.5. The second kappa shape index (κ2) is 8.71. The first-order valence-electron chi connectivity index (χ1n) is 10.4. The lowest BCUT2D eigenvalue weighted by atomic mass is 9.96. The van der Waals surface area contributed by atoms with Crippen molar-refractivity contribution in [2.45, 2.75) is 37.4 Å². The highest BCUT2D eigenvalue weighted by Crippen LogP contribution is 2.43. The summed E-state index contributed by atoms with van der Waals surface area (Å²) in [5.41, 5.74) is 0.509. The van der Waals surface area contributed by atoms with Gasteiger partial charge in [0.05, 0.1) is 24.8 Å². The molecule has 8 heteroatoms. The average Bonchev–Trinajstić information content (AvgIpc) is 3.26. The molecule has 0 aliphatic carbocycles. The van der Waals surface area contributed by atoms with Crippen molar-refractivity contribution in [3.05, 3.63) is 71.3 Å². The highest BCUT2D eigenvalue weighted by molar-refractivity contribution is 5.94. The summed E-state index contributed by atoms with van der Waals surface area (Å²) in [6.07, 6.45) is -0.923. The zero-order valence-electron chi connectivity index (χ0n) is 18.0. The molecule has 3 atom stereocenters. The molecule has 166 valence electrons. The van der Waals surface area contributed by atoms with Crippen LogP contribution in [0.5, 0.6) is 0 Å². The first-order chi connectivity index (χ1) is 15.3. The zero-order valence-corrected chi connectivity index (χ0v) is 18.0. The summed E-state index contributed by atoms with van der Waals surface area (Å²) < 4.78 is 18.2. The molecule has 2 aromatic carbocycles. The van der Waals surface area contributed by atoms with Crippen molar-refractivity contribution in [3.63, 3.8) is 0 Å². The number of hydrogen-bond donors (Lipinski definition) is 2. The summed E-state index contributed by atoms with van der Waals surface area (Å²) in [4.78, 5) is 25.1.